The van der Waals surface area contributed by atoms with Crippen molar-refractivity contribution in [1.29, 1.82) is 0 Å². The Morgan fingerprint density at radius 3 is 2.93 bits per heavy atom. The van der Waals surface area contributed by atoms with E-state index < -0.39 is 0 Å². The van der Waals surface area contributed by atoms with Crippen LogP contribution in [-0.4, -0.2) is 62.6 Å². The molecule has 1 heterocycles. The predicted octanol–water partition coefficient (Wildman–Crippen LogP) is -0.321. The molecule has 0 radical (unpaired) electrons. The Bertz CT molecular complexity index is 138. The second-order valence-corrected chi connectivity index (χ2v) is 3.81. The summed E-state index contributed by atoms with van der Waals surface area (Å²) < 4.78 is 5.04. The van der Waals surface area contributed by atoms with Crippen LogP contribution in [0, 0.1) is 0 Å². The standard InChI is InChI=1S/C10H22N2O2/c1-14-8-6-12(5-7-13)9-10-3-2-4-11-10/h10-11,13H,2-9H2,1H3. The van der Waals surface area contributed by atoms with Gasteiger partial charge in [-0.15, -0.1) is 0 Å². The number of ether oxygens (including phenoxy) is 1. The molecule has 2 N–H and O–H groups in total. The molecule has 0 spiro atoms. The van der Waals surface area contributed by atoms with E-state index in [4.69, 9.17) is 9.84 Å². The van der Waals surface area contributed by atoms with Crippen molar-refractivity contribution in [3.05, 3.63) is 0 Å². The third-order valence-corrected chi connectivity index (χ3v) is 2.67. The minimum Gasteiger partial charge on any atom is -0.395 e. The predicted molar refractivity (Wildman–Crippen MR) is 56.4 cm³/mol. The minimum atomic E-state index is 0.233. The first kappa shape index (κ1) is 11.9. The van der Waals surface area contributed by atoms with E-state index in [1.54, 1.807) is 7.11 Å². The van der Waals surface area contributed by atoms with Crippen LogP contribution >= 0.6 is 0 Å². The van der Waals surface area contributed by atoms with E-state index in [0.29, 0.717) is 6.04 Å². The lowest BCUT2D eigenvalue weighted by molar-refractivity contribution is 0.125. The molecule has 14 heavy (non-hydrogen) atoms. The van der Waals surface area contributed by atoms with Gasteiger partial charge < -0.3 is 15.2 Å². The Morgan fingerprint density at radius 2 is 2.36 bits per heavy atom. The second kappa shape index (κ2) is 7.17. The van der Waals surface area contributed by atoms with Gasteiger partial charge in [-0.25, -0.2) is 0 Å². The summed E-state index contributed by atoms with van der Waals surface area (Å²) in [5.74, 6) is 0. The van der Waals surface area contributed by atoms with Gasteiger partial charge in [0.15, 0.2) is 0 Å². The van der Waals surface area contributed by atoms with E-state index in [0.717, 1.165) is 32.8 Å². The molecule has 0 aromatic heterocycles. The van der Waals surface area contributed by atoms with E-state index in [1.807, 2.05) is 0 Å². The normalized spacial score (nSPS) is 22.1. The first-order valence-corrected chi connectivity index (χ1v) is 5.42. The fourth-order valence-corrected chi connectivity index (χ4v) is 1.88. The number of rotatable bonds is 7. The van der Waals surface area contributed by atoms with Gasteiger partial charge in [0, 0.05) is 32.8 Å². The summed E-state index contributed by atoms with van der Waals surface area (Å²) in [7, 11) is 1.71. The van der Waals surface area contributed by atoms with Crippen LogP contribution in [0.4, 0.5) is 0 Å². The van der Waals surface area contributed by atoms with Crippen LogP contribution in [0.15, 0.2) is 0 Å². The smallest absolute Gasteiger partial charge is 0.0589 e. The fraction of sp³-hybridized carbons (Fsp3) is 1.00. The highest BCUT2D eigenvalue weighted by Gasteiger charge is 2.17. The van der Waals surface area contributed by atoms with Gasteiger partial charge in [-0.3, -0.25) is 4.90 Å². The van der Waals surface area contributed by atoms with E-state index >= 15 is 0 Å². The zero-order valence-corrected chi connectivity index (χ0v) is 9.04. The Labute approximate surface area is 86.2 Å². The van der Waals surface area contributed by atoms with Crippen LogP contribution in [0.25, 0.3) is 0 Å². The van der Waals surface area contributed by atoms with Crippen molar-refractivity contribution in [3.8, 4) is 0 Å². The fourth-order valence-electron chi connectivity index (χ4n) is 1.88. The van der Waals surface area contributed by atoms with Crippen molar-refractivity contribution in [3.63, 3.8) is 0 Å². The molecule has 1 rings (SSSR count). The third kappa shape index (κ3) is 4.37. The molecule has 4 heteroatoms. The average molecular weight is 202 g/mol. The topological polar surface area (TPSA) is 44.7 Å². The second-order valence-electron chi connectivity index (χ2n) is 3.81. The largest absolute Gasteiger partial charge is 0.395 e. The van der Waals surface area contributed by atoms with Crippen molar-refractivity contribution in [2.45, 2.75) is 18.9 Å². The highest BCUT2D eigenvalue weighted by Crippen LogP contribution is 2.06. The Balaban J connectivity index is 2.18. The molecule has 1 unspecified atom stereocenters. The first-order valence-electron chi connectivity index (χ1n) is 5.42. The maximum atomic E-state index is 8.91. The van der Waals surface area contributed by atoms with Crippen LogP contribution < -0.4 is 5.32 Å². The molecule has 1 atom stereocenters. The summed E-state index contributed by atoms with van der Waals surface area (Å²) in [6.07, 6.45) is 2.54. The number of nitrogens with zero attached hydrogens (tertiary/aromatic N) is 1. The quantitative estimate of drug-likeness (QED) is 0.594. The Kier molecular flexibility index (Phi) is 6.10. The number of aliphatic hydroxyl groups excluding tert-OH is 1. The zero-order chi connectivity index (χ0) is 10.2. The molecule has 4 nitrogen and oxygen atoms in total. The monoisotopic (exact) mass is 202 g/mol. The lowest BCUT2D eigenvalue weighted by atomic mass is 10.2. The summed E-state index contributed by atoms with van der Waals surface area (Å²) >= 11 is 0. The number of hydrogen-bond acceptors (Lipinski definition) is 4. The highest BCUT2D eigenvalue weighted by atomic mass is 16.5. The summed E-state index contributed by atoms with van der Waals surface area (Å²) in [4.78, 5) is 2.26. The van der Waals surface area contributed by atoms with Gasteiger partial charge >= 0.3 is 0 Å². The zero-order valence-electron chi connectivity index (χ0n) is 9.04. The van der Waals surface area contributed by atoms with E-state index in [9.17, 15) is 0 Å². The molecule has 1 fully saturated rings. The molecule has 0 saturated carbocycles. The first-order chi connectivity index (χ1) is 6.86. The maximum Gasteiger partial charge on any atom is 0.0589 e. The van der Waals surface area contributed by atoms with Crippen LogP contribution in [0.3, 0.4) is 0 Å². The van der Waals surface area contributed by atoms with Crippen LogP contribution in [-0.2, 0) is 4.74 Å². The molecule has 1 aliphatic rings. The molecule has 84 valence electrons. The van der Waals surface area contributed by atoms with Gasteiger partial charge in [-0.05, 0) is 19.4 Å². The van der Waals surface area contributed by atoms with Gasteiger partial charge in [0.05, 0.1) is 13.2 Å². The lowest BCUT2D eigenvalue weighted by Gasteiger charge is -2.24. The van der Waals surface area contributed by atoms with Gasteiger partial charge in [0.25, 0.3) is 0 Å². The molecular weight excluding hydrogens is 180 g/mol. The van der Waals surface area contributed by atoms with E-state index in [-0.39, 0.29) is 6.61 Å². The van der Waals surface area contributed by atoms with Gasteiger partial charge in [-0.1, -0.05) is 0 Å². The number of hydrogen-bond donors (Lipinski definition) is 2. The Hall–Kier alpha value is -0.160. The molecule has 1 saturated heterocycles. The van der Waals surface area contributed by atoms with Crippen molar-refractivity contribution < 1.29 is 9.84 Å². The van der Waals surface area contributed by atoms with E-state index in [1.165, 1.54) is 12.8 Å². The molecule has 0 aromatic carbocycles. The number of methoxy groups -OCH3 is 1. The molecule has 0 amide bonds. The van der Waals surface area contributed by atoms with Crippen molar-refractivity contribution in [2.24, 2.45) is 0 Å². The third-order valence-electron chi connectivity index (χ3n) is 2.67. The number of nitrogens with one attached hydrogen (secondary N) is 1. The summed E-state index contributed by atoms with van der Waals surface area (Å²) in [5.41, 5.74) is 0. The summed E-state index contributed by atoms with van der Waals surface area (Å²) in [6.45, 7) is 4.81. The average Bonchev–Trinajstić information content (AvgIpc) is 2.67. The van der Waals surface area contributed by atoms with Gasteiger partial charge in [0.1, 0.15) is 0 Å². The van der Waals surface area contributed by atoms with Gasteiger partial charge in [-0.2, -0.15) is 0 Å². The summed E-state index contributed by atoms with van der Waals surface area (Å²) in [5, 5.41) is 12.4. The number of aliphatic hydroxyl groups is 1. The highest BCUT2D eigenvalue weighted by molar-refractivity contribution is 4.77. The van der Waals surface area contributed by atoms with Crippen LogP contribution in [0.1, 0.15) is 12.8 Å². The maximum absolute atomic E-state index is 8.91. The van der Waals surface area contributed by atoms with Gasteiger partial charge in [0.2, 0.25) is 0 Å². The SMILES string of the molecule is COCCN(CCO)CC1CCCN1. The molecule has 0 aliphatic carbocycles. The Morgan fingerprint density at radius 1 is 1.50 bits per heavy atom. The molecule has 0 aromatic rings. The van der Waals surface area contributed by atoms with Crippen LogP contribution in [0.2, 0.25) is 0 Å². The van der Waals surface area contributed by atoms with E-state index in [2.05, 4.69) is 10.2 Å². The molecular formula is C10H22N2O2. The van der Waals surface area contributed by atoms with Crippen molar-refractivity contribution >= 4 is 0 Å². The molecule has 1 aliphatic heterocycles. The van der Waals surface area contributed by atoms with Crippen molar-refractivity contribution in [2.75, 3.05) is 46.5 Å². The molecule has 0 bridgehead atoms. The van der Waals surface area contributed by atoms with Crippen LogP contribution in [0.5, 0.6) is 0 Å². The van der Waals surface area contributed by atoms with Crippen molar-refractivity contribution in [1.82, 2.24) is 10.2 Å². The lowest BCUT2D eigenvalue weighted by Crippen LogP contribution is -2.40. The summed E-state index contributed by atoms with van der Waals surface area (Å²) in [6, 6.07) is 0.610. The minimum absolute atomic E-state index is 0.233.